The van der Waals surface area contributed by atoms with Gasteiger partial charge in [-0.1, -0.05) is 47.5 Å². The van der Waals surface area contributed by atoms with E-state index in [-0.39, 0.29) is 6.04 Å². The zero-order valence-corrected chi connectivity index (χ0v) is 12.4. The van der Waals surface area contributed by atoms with Gasteiger partial charge in [-0.05, 0) is 31.9 Å². The Kier molecular flexibility index (Phi) is 3.78. The van der Waals surface area contributed by atoms with Crippen molar-refractivity contribution in [1.29, 1.82) is 0 Å². The minimum atomic E-state index is 0.0369. The first-order chi connectivity index (χ1) is 10.2. The molecule has 0 amide bonds. The monoisotopic (exact) mass is 280 g/mol. The standard InChI is InChI=1S/C18H20N2O/c1-12-7-13(2)9-14(8-12)10-17(20-19)16-11-21-18-6-4-3-5-15(16)18/h3-9,11,17,20H,10,19H2,1-2H3. The summed E-state index contributed by atoms with van der Waals surface area (Å²) in [7, 11) is 0. The molecule has 1 heterocycles. The molecule has 0 aliphatic heterocycles. The first kappa shape index (κ1) is 13.9. The molecule has 1 aromatic heterocycles. The maximum absolute atomic E-state index is 5.79. The third-order valence-corrected chi connectivity index (χ3v) is 3.81. The molecule has 1 atom stereocenters. The molecule has 3 nitrogen and oxygen atoms in total. The number of para-hydroxylation sites is 1. The summed E-state index contributed by atoms with van der Waals surface area (Å²) in [6.45, 7) is 4.24. The number of fused-ring (bicyclic) bond motifs is 1. The molecule has 3 aromatic rings. The summed E-state index contributed by atoms with van der Waals surface area (Å²) in [5, 5.41) is 1.12. The quantitative estimate of drug-likeness (QED) is 0.564. The molecular formula is C18H20N2O. The number of nitrogens with one attached hydrogen (secondary N) is 1. The molecule has 0 saturated heterocycles. The van der Waals surface area contributed by atoms with Crippen LogP contribution in [-0.2, 0) is 6.42 Å². The summed E-state index contributed by atoms with van der Waals surface area (Å²) < 4.78 is 5.62. The van der Waals surface area contributed by atoms with Gasteiger partial charge < -0.3 is 4.42 Å². The zero-order valence-electron chi connectivity index (χ0n) is 12.4. The van der Waals surface area contributed by atoms with Gasteiger partial charge in [-0.15, -0.1) is 0 Å². The van der Waals surface area contributed by atoms with E-state index in [1.807, 2.05) is 18.2 Å². The van der Waals surface area contributed by atoms with Crippen molar-refractivity contribution in [3.05, 3.63) is 71.0 Å². The Labute approximate surface area is 124 Å². The van der Waals surface area contributed by atoms with Crippen LogP contribution in [0.5, 0.6) is 0 Å². The number of furan rings is 1. The SMILES string of the molecule is Cc1cc(C)cc(CC(NN)c2coc3ccccc23)c1. The molecule has 108 valence electrons. The molecular weight excluding hydrogens is 260 g/mol. The minimum absolute atomic E-state index is 0.0369. The Bertz CT molecular complexity index is 741. The van der Waals surface area contributed by atoms with E-state index in [9.17, 15) is 0 Å². The number of aryl methyl sites for hydroxylation is 2. The van der Waals surface area contributed by atoms with Crippen LogP contribution in [0.25, 0.3) is 11.0 Å². The summed E-state index contributed by atoms with van der Waals surface area (Å²) in [5.41, 5.74) is 8.75. The highest BCUT2D eigenvalue weighted by Crippen LogP contribution is 2.28. The van der Waals surface area contributed by atoms with Gasteiger partial charge >= 0.3 is 0 Å². The molecule has 0 fully saturated rings. The first-order valence-corrected chi connectivity index (χ1v) is 7.17. The van der Waals surface area contributed by atoms with Crippen LogP contribution in [-0.4, -0.2) is 0 Å². The normalized spacial score (nSPS) is 12.7. The van der Waals surface area contributed by atoms with Crippen LogP contribution >= 0.6 is 0 Å². The van der Waals surface area contributed by atoms with Crippen molar-refractivity contribution in [2.24, 2.45) is 5.84 Å². The van der Waals surface area contributed by atoms with Gasteiger partial charge in [0.25, 0.3) is 0 Å². The smallest absolute Gasteiger partial charge is 0.134 e. The molecule has 0 aliphatic rings. The fourth-order valence-electron chi connectivity index (χ4n) is 2.95. The lowest BCUT2D eigenvalue weighted by molar-refractivity contribution is 0.536. The van der Waals surface area contributed by atoms with Crippen LogP contribution in [0.4, 0.5) is 0 Å². The fraction of sp³-hybridized carbons (Fsp3) is 0.222. The summed E-state index contributed by atoms with van der Waals surface area (Å²) in [5.74, 6) is 5.79. The number of nitrogens with two attached hydrogens (primary N) is 1. The molecule has 0 radical (unpaired) electrons. The van der Waals surface area contributed by atoms with Gasteiger partial charge in [-0.3, -0.25) is 11.3 Å². The maximum atomic E-state index is 5.79. The predicted molar refractivity (Wildman–Crippen MR) is 85.9 cm³/mol. The van der Waals surface area contributed by atoms with Crippen molar-refractivity contribution in [1.82, 2.24) is 5.43 Å². The second-order valence-electron chi connectivity index (χ2n) is 5.61. The Morgan fingerprint density at radius 2 is 1.81 bits per heavy atom. The largest absolute Gasteiger partial charge is 0.464 e. The molecule has 0 bridgehead atoms. The van der Waals surface area contributed by atoms with Gasteiger partial charge in [-0.25, -0.2) is 0 Å². The van der Waals surface area contributed by atoms with E-state index in [4.69, 9.17) is 10.3 Å². The van der Waals surface area contributed by atoms with Crippen LogP contribution in [0.15, 0.2) is 53.1 Å². The number of hydrazine groups is 1. The zero-order chi connectivity index (χ0) is 14.8. The first-order valence-electron chi connectivity index (χ1n) is 7.17. The fourth-order valence-corrected chi connectivity index (χ4v) is 2.95. The molecule has 2 aromatic carbocycles. The Morgan fingerprint density at radius 1 is 1.10 bits per heavy atom. The van der Waals surface area contributed by atoms with E-state index in [0.717, 1.165) is 23.0 Å². The van der Waals surface area contributed by atoms with E-state index in [1.54, 1.807) is 6.26 Å². The Morgan fingerprint density at radius 3 is 2.52 bits per heavy atom. The highest BCUT2D eigenvalue weighted by molar-refractivity contribution is 5.81. The minimum Gasteiger partial charge on any atom is -0.464 e. The van der Waals surface area contributed by atoms with Crippen molar-refractivity contribution in [3.63, 3.8) is 0 Å². The third kappa shape index (κ3) is 2.84. The summed E-state index contributed by atoms with van der Waals surface area (Å²) >= 11 is 0. The molecule has 3 N–H and O–H groups in total. The van der Waals surface area contributed by atoms with Crippen molar-refractivity contribution in [2.45, 2.75) is 26.3 Å². The van der Waals surface area contributed by atoms with E-state index >= 15 is 0 Å². The number of hydrogen-bond acceptors (Lipinski definition) is 3. The third-order valence-electron chi connectivity index (χ3n) is 3.81. The van der Waals surface area contributed by atoms with Crippen LogP contribution < -0.4 is 11.3 Å². The maximum Gasteiger partial charge on any atom is 0.134 e. The summed E-state index contributed by atoms with van der Waals surface area (Å²) in [6, 6.07) is 14.7. The van der Waals surface area contributed by atoms with Crippen LogP contribution in [0.2, 0.25) is 0 Å². The molecule has 0 saturated carbocycles. The summed E-state index contributed by atoms with van der Waals surface area (Å²) in [4.78, 5) is 0. The average molecular weight is 280 g/mol. The lowest BCUT2D eigenvalue weighted by Crippen LogP contribution is -2.29. The lowest BCUT2D eigenvalue weighted by atomic mass is 9.96. The number of hydrogen-bond donors (Lipinski definition) is 2. The molecule has 3 rings (SSSR count). The van der Waals surface area contributed by atoms with Gasteiger partial charge in [0.2, 0.25) is 0 Å². The predicted octanol–water partition coefficient (Wildman–Crippen LogP) is 3.80. The number of rotatable bonds is 4. The second kappa shape index (κ2) is 5.72. The van der Waals surface area contributed by atoms with Crippen LogP contribution in [0.1, 0.15) is 28.3 Å². The average Bonchev–Trinajstić information content (AvgIpc) is 2.87. The van der Waals surface area contributed by atoms with E-state index in [2.05, 4.69) is 43.5 Å². The van der Waals surface area contributed by atoms with Crippen molar-refractivity contribution in [2.75, 3.05) is 0 Å². The molecule has 21 heavy (non-hydrogen) atoms. The van der Waals surface area contributed by atoms with Crippen LogP contribution in [0, 0.1) is 13.8 Å². The molecule has 0 spiro atoms. The van der Waals surface area contributed by atoms with Crippen molar-refractivity contribution in [3.8, 4) is 0 Å². The molecule has 3 heteroatoms. The Balaban J connectivity index is 1.95. The lowest BCUT2D eigenvalue weighted by Gasteiger charge is -2.16. The van der Waals surface area contributed by atoms with Gasteiger partial charge in [0, 0.05) is 10.9 Å². The molecule has 0 aliphatic carbocycles. The van der Waals surface area contributed by atoms with Gasteiger partial charge in [0.1, 0.15) is 5.58 Å². The second-order valence-corrected chi connectivity index (χ2v) is 5.61. The highest BCUT2D eigenvalue weighted by atomic mass is 16.3. The van der Waals surface area contributed by atoms with Gasteiger partial charge in [-0.2, -0.15) is 0 Å². The van der Waals surface area contributed by atoms with E-state index in [0.29, 0.717) is 0 Å². The summed E-state index contributed by atoms with van der Waals surface area (Å²) in [6.07, 6.45) is 2.64. The van der Waals surface area contributed by atoms with E-state index in [1.165, 1.54) is 16.7 Å². The topological polar surface area (TPSA) is 51.2 Å². The highest BCUT2D eigenvalue weighted by Gasteiger charge is 2.16. The van der Waals surface area contributed by atoms with E-state index < -0.39 is 0 Å². The molecule has 1 unspecified atom stereocenters. The van der Waals surface area contributed by atoms with Crippen LogP contribution in [0.3, 0.4) is 0 Å². The van der Waals surface area contributed by atoms with Gasteiger partial charge in [0.15, 0.2) is 0 Å². The van der Waals surface area contributed by atoms with Crippen molar-refractivity contribution < 1.29 is 4.42 Å². The van der Waals surface area contributed by atoms with Gasteiger partial charge in [0.05, 0.1) is 12.3 Å². The number of benzene rings is 2. The Hall–Kier alpha value is -2.10. The van der Waals surface area contributed by atoms with Crippen molar-refractivity contribution >= 4 is 11.0 Å².